The molecule has 2 aromatic heterocycles. The fourth-order valence-corrected chi connectivity index (χ4v) is 1.49. The van der Waals surface area contributed by atoms with E-state index in [4.69, 9.17) is 5.84 Å². The molecule has 0 aromatic carbocycles. The molecule has 0 saturated heterocycles. The van der Waals surface area contributed by atoms with Crippen molar-refractivity contribution < 1.29 is 4.79 Å². The summed E-state index contributed by atoms with van der Waals surface area (Å²) in [6.45, 7) is 2.68. The van der Waals surface area contributed by atoms with Crippen LogP contribution in [0.5, 0.6) is 0 Å². The van der Waals surface area contributed by atoms with Gasteiger partial charge in [0.15, 0.2) is 0 Å². The van der Waals surface area contributed by atoms with Crippen LogP contribution in [0.3, 0.4) is 0 Å². The van der Waals surface area contributed by atoms with Gasteiger partial charge in [-0.25, -0.2) is 10.8 Å². The lowest BCUT2D eigenvalue weighted by molar-refractivity contribution is -0.119. The lowest BCUT2D eigenvalue weighted by Gasteiger charge is -2.08. The van der Waals surface area contributed by atoms with Crippen LogP contribution in [0.25, 0.3) is 5.95 Å². The number of anilines is 2. The summed E-state index contributed by atoms with van der Waals surface area (Å²) in [5.74, 6) is 5.96. The molecule has 2 aromatic rings. The van der Waals surface area contributed by atoms with E-state index in [9.17, 15) is 4.79 Å². The van der Waals surface area contributed by atoms with Gasteiger partial charge in [0.1, 0.15) is 6.33 Å². The molecule has 0 aliphatic carbocycles. The maximum absolute atomic E-state index is 11.5. The van der Waals surface area contributed by atoms with Gasteiger partial charge in [-0.2, -0.15) is 15.0 Å². The zero-order valence-corrected chi connectivity index (χ0v) is 11.6. The highest BCUT2D eigenvalue weighted by Gasteiger charge is 2.08. The van der Waals surface area contributed by atoms with Crippen molar-refractivity contribution in [3.8, 4) is 5.95 Å². The third-order valence-corrected chi connectivity index (χ3v) is 2.47. The Morgan fingerprint density at radius 3 is 2.81 bits per heavy atom. The Bertz CT molecular complexity index is 583. The smallest absolute Gasteiger partial charge is 0.243 e. The first kappa shape index (κ1) is 14.7. The predicted molar refractivity (Wildman–Crippen MR) is 76.5 cm³/mol. The summed E-state index contributed by atoms with van der Waals surface area (Å²) in [7, 11) is 0. The molecule has 0 atom stereocenters. The van der Waals surface area contributed by atoms with Gasteiger partial charge in [0.05, 0.1) is 6.54 Å². The normalized spacial score (nSPS) is 10.2. The maximum Gasteiger partial charge on any atom is 0.243 e. The van der Waals surface area contributed by atoms with Crippen LogP contribution >= 0.6 is 0 Å². The molecule has 0 saturated carbocycles. The third kappa shape index (κ3) is 4.11. The minimum atomic E-state index is -0.135. The molecule has 112 valence electrons. The Balaban J connectivity index is 2.08. The van der Waals surface area contributed by atoms with Crippen molar-refractivity contribution in [2.75, 3.05) is 23.8 Å². The summed E-state index contributed by atoms with van der Waals surface area (Å²) in [5, 5.41) is 5.57. The van der Waals surface area contributed by atoms with Gasteiger partial charge in [-0.3, -0.25) is 14.8 Å². The molecule has 0 aliphatic rings. The monoisotopic (exact) mass is 291 g/mol. The zero-order valence-electron chi connectivity index (χ0n) is 11.6. The van der Waals surface area contributed by atoms with Crippen LogP contribution in [0.2, 0.25) is 0 Å². The van der Waals surface area contributed by atoms with Crippen molar-refractivity contribution in [2.24, 2.45) is 5.84 Å². The molecule has 0 spiro atoms. The van der Waals surface area contributed by atoms with E-state index in [1.807, 2.05) is 6.92 Å². The minimum absolute atomic E-state index is 0.0669. The number of nitrogen functional groups attached to an aromatic ring is 1. The summed E-state index contributed by atoms with van der Waals surface area (Å²) in [6.07, 6.45) is 5.72. The minimum Gasteiger partial charge on any atom is -0.355 e. The first-order valence-electron chi connectivity index (χ1n) is 6.44. The van der Waals surface area contributed by atoms with Gasteiger partial charge in [-0.05, 0) is 6.42 Å². The average Bonchev–Trinajstić information content (AvgIpc) is 3.05. The van der Waals surface area contributed by atoms with Gasteiger partial charge in [-0.1, -0.05) is 6.92 Å². The van der Waals surface area contributed by atoms with Crippen LogP contribution < -0.4 is 21.9 Å². The van der Waals surface area contributed by atoms with E-state index in [0.29, 0.717) is 12.5 Å². The summed E-state index contributed by atoms with van der Waals surface area (Å²) >= 11 is 0. The predicted octanol–water partition coefficient (Wildman–Crippen LogP) is -0.719. The molecule has 0 radical (unpaired) electrons. The number of amides is 1. The Morgan fingerprint density at radius 2 is 2.14 bits per heavy atom. The SMILES string of the molecule is CCCNC(=O)CNc1nc(NN)nc(-n2ccnc2)n1. The van der Waals surface area contributed by atoms with E-state index in [1.165, 1.54) is 0 Å². The molecule has 0 fully saturated rings. The lowest BCUT2D eigenvalue weighted by Crippen LogP contribution is -2.31. The molecule has 2 heterocycles. The highest BCUT2D eigenvalue weighted by atomic mass is 16.1. The van der Waals surface area contributed by atoms with E-state index in [0.717, 1.165) is 6.42 Å². The number of aromatic nitrogens is 5. The van der Waals surface area contributed by atoms with Gasteiger partial charge in [0, 0.05) is 18.9 Å². The van der Waals surface area contributed by atoms with Crippen molar-refractivity contribution in [1.29, 1.82) is 0 Å². The molecular formula is C11H17N9O. The molecule has 10 heteroatoms. The highest BCUT2D eigenvalue weighted by Crippen LogP contribution is 2.07. The highest BCUT2D eigenvalue weighted by molar-refractivity contribution is 5.80. The molecule has 0 bridgehead atoms. The number of carbonyl (C=O) groups excluding carboxylic acids is 1. The summed E-state index contributed by atoms with van der Waals surface area (Å²) in [6, 6.07) is 0. The second-order valence-electron chi connectivity index (χ2n) is 4.10. The van der Waals surface area contributed by atoms with Crippen LogP contribution in [0.15, 0.2) is 18.7 Å². The molecule has 0 unspecified atom stereocenters. The second-order valence-corrected chi connectivity index (χ2v) is 4.10. The quantitative estimate of drug-likeness (QED) is 0.387. The molecule has 0 aliphatic heterocycles. The van der Waals surface area contributed by atoms with Gasteiger partial charge in [0.2, 0.25) is 23.8 Å². The van der Waals surface area contributed by atoms with Crippen molar-refractivity contribution in [2.45, 2.75) is 13.3 Å². The number of hydrogen-bond donors (Lipinski definition) is 4. The molecule has 2 rings (SSSR count). The van der Waals surface area contributed by atoms with Gasteiger partial charge >= 0.3 is 0 Å². The van der Waals surface area contributed by atoms with Crippen molar-refractivity contribution in [3.63, 3.8) is 0 Å². The fraction of sp³-hybridized carbons (Fsp3) is 0.364. The molecule has 21 heavy (non-hydrogen) atoms. The summed E-state index contributed by atoms with van der Waals surface area (Å²) < 4.78 is 1.60. The number of imidazole rings is 1. The molecule has 1 amide bonds. The number of carbonyl (C=O) groups is 1. The maximum atomic E-state index is 11.5. The summed E-state index contributed by atoms with van der Waals surface area (Å²) in [4.78, 5) is 27.8. The number of nitrogens with one attached hydrogen (secondary N) is 3. The Kier molecular flexibility index (Phi) is 4.99. The van der Waals surface area contributed by atoms with E-state index in [2.05, 4.69) is 36.0 Å². The Hall–Kier alpha value is -2.75. The van der Waals surface area contributed by atoms with E-state index < -0.39 is 0 Å². The standard InChI is InChI=1S/C11H17N9O/c1-2-3-14-8(21)6-15-9-16-10(19-12)18-11(17-9)20-5-4-13-7-20/h4-5,7H,2-3,6,12H2,1H3,(H,14,21)(H2,15,16,17,18,19). The number of rotatable bonds is 7. The van der Waals surface area contributed by atoms with Crippen LogP contribution in [-0.2, 0) is 4.79 Å². The lowest BCUT2D eigenvalue weighted by atomic mass is 10.4. The Labute approximate surface area is 121 Å². The van der Waals surface area contributed by atoms with Crippen molar-refractivity contribution in [3.05, 3.63) is 18.7 Å². The Morgan fingerprint density at radius 1 is 1.33 bits per heavy atom. The molecule has 10 nitrogen and oxygen atoms in total. The summed E-state index contributed by atoms with van der Waals surface area (Å²) in [5.41, 5.74) is 2.36. The van der Waals surface area contributed by atoms with Crippen LogP contribution in [0.4, 0.5) is 11.9 Å². The van der Waals surface area contributed by atoms with Crippen molar-refractivity contribution >= 4 is 17.8 Å². The van der Waals surface area contributed by atoms with Crippen molar-refractivity contribution in [1.82, 2.24) is 29.8 Å². The fourth-order valence-electron chi connectivity index (χ4n) is 1.49. The topological polar surface area (TPSA) is 136 Å². The number of hydrogen-bond acceptors (Lipinski definition) is 8. The number of nitrogens with two attached hydrogens (primary N) is 1. The number of hydrazine groups is 1. The van der Waals surface area contributed by atoms with Crippen LogP contribution in [0.1, 0.15) is 13.3 Å². The largest absolute Gasteiger partial charge is 0.355 e. The first-order valence-corrected chi connectivity index (χ1v) is 6.44. The molecular weight excluding hydrogens is 274 g/mol. The first-order chi connectivity index (χ1) is 10.2. The second kappa shape index (κ2) is 7.14. The van der Waals surface area contributed by atoms with E-state index >= 15 is 0 Å². The molecule has 5 N–H and O–H groups in total. The van der Waals surface area contributed by atoms with Crippen LogP contribution in [-0.4, -0.2) is 43.5 Å². The van der Waals surface area contributed by atoms with Crippen LogP contribution in [0, 0.1) is 0 Å². The van der Waals surface area contributed by atoms with Gasteiger partial charge in [-0.15, -0.1) is 0 Å². The van der Waals surface area contributed by atoms with E-state index in [1.54, 1.807) is 23.3 Å². The van der Waals surface area contributed by atoms with Gasteiger partial charge < -0.3 is 10.6 Å². The zero-order chi connectivity index (χ0) is 15.1. The van der Waals surface area contributed by atoms with Gasteiger partial charge in [0.25, 0.3) is 0 Å². The third-order valence-electron chi connectivity index (χ3n) is 2.47. The van der Waals surface area contributed by atoms with E-state index in [-0.39, 0.29) is 24.3 Å². The average molecular weight is 291 g/mol. The number of nitrogens with zero attached hydrogens (tertiary/aromatic N) is 5.